The van der Waals surface area contributed by atoms with E-state index in [2.05, 4.69) is 49.6 Å². The maximum absolute atomic E-state index is 3.55. The summed E-state index contributed by atoms with van der Waals surface area (Å²) in [4.78, 5) is 0. The molecule has 0 aliphatic carbocycles. The van der Waals surface area contributed by atoms with Crippen LogP contribution in [-0.4, -0.2) is 0 Å². The molecule has 1 rings (SSSR count). The molecule has 0 N–H and O–H groups in total. The van der Waals surface area contributed by atoms with E-state index in [1.165, 1.54) is 12.0 Å². The Bertz CT molecular complexity index is 319. The Morgan fingerprint density at radius 3 is 2.54 bits per heavy atom. The van der Waals surface area contributed by atoms with Crippen LogP contribution in [0.5, 0.6) is 0 Å². The molecule has 0 unspecified atom stereocenters. The van der Waals surface area contributed by atoms with Crippen LogP contribution < -0.4 is 0 Å². The molecule has 0 radical (unpaired) electrons. The first-order valence-corrected chi connectivity index (χ1v) is 4.58. The van der Waals surface area contributed by atoms with Crippen molar-refractivity contribution in [3.05, 3.63) is 48.0 Å². The van der Waals surface area contributed by atoms with E-state index < -0.39 is 0 Å². The zero-order chi connectivity index (χ0) is 9.52. The SMILES string of the molecule is C=CC#Cc1ccc(CCC)cc1. The summed E-state index contributed by atoms with van der Waals surface area (Å²) in [5, 5.41) is 0. The van der Waals surface area contributed by atoms with Gasteiger partial charge in [0, 0.05) is 5.56 Å². The molecular weight excluding hydrogens is 156 g/mol. The fraction of sp³-hybridized carbons (Fsp3) is 0.231. The lowest BCUT2D eigenvalue weighted by molar-refractivity contribution is 0.922. The van der Waals surface area contributed by atoms with Crippen molar-refractivity contribution in [2.45, 2.75) is 19.8 Å². The minimum absolute atomic E-state index is 1.06. The second-order valence-corrected chi connectivity index (χ2v) is 2.92. The third kappa shape index (κ3) is 3.17. The van der Waals surface area contributed by atoms with E-state index >= 15 is 0 Å². The Morgan fingerprint density at radius 2 is 2.00 bits per heavy atom. The number of hydrogen-bond acceptors (Lipinski definition) is 0. The lowest BCUT2D eigenvalue weighted by atomic mass is 10.1. The van der Waals surface area contributed by atoms with Crippen molar-refractivity contribution in [3.63, 3.8) is 0 Å². The molecule has 0 saturated heterocycles. The highest BCUT2D eigenvalue weighted by Gasteiger charge is 1.90. The van der Waals surface area contributed by atoms with E-state index in [0.29, 0.717) is 0 Å². The van der Waals surface area contributed by atoms with Gasteiger partial charge in [-0.1, -0.05) is 43.9 Å². The Kier molecular flexibility index (Phi) is 3.85. The van der Waals surface area contributed by atoms with Gasteiger partial charge in [0.05, 0.1) is 0 Å². The van der Waals surface area contributed by atoms with Gasteiger partial charge in [-0.25, -0.2) is 0 Å². The largest absolute Gasteiger partial charge is 0.0906 e. The zero-order valence-corrected chi connectivity index (χ0v) is 8.01. The van der Waals surface area contributed by atoms with Crippen LogP contribution in [0.25, 0.3) is 0 Å². The van der Waals surface area contributed by atoms with Gasteiger partial charge < -0.3 is 0 Å². The van der Waals surface area contributed by atoms with E-state index in [-0.39, 0.29) is 0 Å². The average Bonchev–Trinajstić information content (AvgIpc) is 2.17. The van der Waals surface area contributed by atoms with E-state index in [9.17, 15) is 0 Å². The maximum Gasteiger partial charge on any atom is 0.0249 e. The second-order valence-electron chi connectivity index (χ2n) is 2.92. The average molecular weight is 170 g/mol. The standard InChI is InChI=1S/C13H14/c1-3-5-7-13-10-8-12(6-4-2)9-11-13/h3,8-11H,1,4,6H2,2H3. The first-order valence-electron chi connectivity index (χ1n) is 4.58. The molecule has 1 aromatic carbocycles. The third-order valence-electron chi connectivity index (χ3n) is 1.81. The smallest absolute Gasteiger partial charge is 0.0249 e. The van der Waals surface area contributed by atoms with Crippen LogP contribution >= 0.6 is 0 Å². The summed E-state index contributed by atoms with van der Waals surface area (Å²) >= 11 is 0. The zero-order valence-electron chi connectivity index (χ0n) is 8.01. The summed E-state index contributed by atoms with van der Waals surface area (Å²) < 4.78 is 0. The summed E-state index contributed by atoms with van der Waals surface area (Å²) in [5.74, 6) is 5.83. The van der Waals surface area contributed by atoms with Crippen LogP contribution in [0.1, 0.15) is 24.5 Å². The molecule has 66 valence electrons. The number of hydrogen-bond donors (Lipinski definition) is 0. The Labute approximate surface area is 80.3 Å². The van der Waals surface area contributed by atoms with Gasteiger partial charge >= 0.3 is 0 Å². The molecule has 0 heteroatoms. The van der Waals surface area contributed by atoms with Crippen molar-refractivity contribution >= 4 is 0 Å². The number of aryl methyl sites for hydroxylation is 1. The molecule has 13 heavy (non-hydrogen) atoms. The van der Waals surface area contributed by atoms with Gasteiger partial charge in [-0.3, -0.25) is 0 Å². The van der Waals surface area contributed by atoms with E-state index in [1.54, 1.807) is 6.08 Å². The number of rotatable bonds is 2. The molecule has 0 spiro atoms. The molecule has 1 aromatic rings. The molecular formula is C13H14. The van der Waals surface area contributed by atoms with Crippen molar-refractivity contribution < 1.29 is 0 Å². The van der Waals surface area contributed by atoms with Crippen LogP contribution in [0, 0.1) is 11.8 Å². The molecule has 0 heterocycles. The topological polar surface area (TPSA) is 0 Å². The van der Waals surface area contributed by atoms with E-state index in [4.69, 9.17) is 0 Å². The summed E-state index contributed by atoms with van der Waals surface area (Å²) in [6.45, 7) is 5.74. The second kappa shape index (κ2) is 5.22. The molecule has 0 nitrogen and oxygen atoms in total. The molecule has 0 saturated carbocycles. The van der Waals surface area contributed by atoms with Crippen LogP contribution in [0.3, 0.4) is 0 Å². The minimum atomic E-state index is 1.06. The van der Waals surface area contributed by atoms with Gasteiger partial charge in [0.1, 0.15) is 0 Å². The fourth-order valence-electron chi connectivity index (χ4n) is 1.18. The first-order chi connectivity index (χ1) is 6.36. The molecule has 0 aromatic heterocycles. The predicted octanol–water partition coefficient (Wildman–Crippen LogP) is 3.18. The number of benzene rings is 1. The van der Waals surface area contributed by atoms with Gasteiger partial charge in [-0.2, -0.15) is 0 Å². The van der Waals surface area contributed by atoms with Crippen LogP contribution in [-0.2, 0) is 6.42 Å². The number of allylic oxidation sites excluding steroid dienone is 1. The van der Waals surface area contributed by atoms with Gasteiger partial charge in [-0.05, 0) is 30.2 Å². The van der Waals surface area contributed by atoms with E-state index in [1.807, 2.05) is 0 Å². The molecule has 0 fully saturated rings. The van der Waals surface area contributed by atoms with E-state index in [0.717, 1.165) is 12.0 Å². The third-order valence-corrected chi connectivity index (χ3v) is 1.81. The summed E-state index contributed by atoms with van der Waals surface area (Å²) in [5.41, 5.74) is 2.44. The highest BCUT2D eigenvalue weighted by Crippen LogP contribution is 2.05. The molecule has 0 aliphatic heterocycles. The minimum Gasteiger partial charge on any atom is -0.0906 e. The lowest BCUT2D eigenvalue weighted by Gasteiger charge is -1.97. The van der Waals surface area contributed by atoms with Crippen LogP contribution in [0.4, 0.5) is 0 Å². The normalized spacial score (nSPS) is 8.69. The molecule has 0 aliphatic rings. The van der Waals surface area contributed by atoms with Crippen LogP contribution in [0.2, 0.25) is 0 Å². The van der Waals surface area contributed by atoms with Gasteiger partial charge in [0.15, 0.2) is 0 Å². The monoisotopic (exact) mass is 170 g/mol. The van der Waals surface area contributed by atoms with Gasteiger partial charge in [0.25, 0.3) is 0 Å². The summed E-state index contributed by atoms with van der Waals surface area (Å²) in [6, 6.07) is 8.39. The fourth-order valence-corrected chi connectivity index (χ4v) is 1.18. The predicted molar refractivity (Wildman–Crippen MR) is 57.5 cm³/mol. The van der Waals surface area contributed by atoms with Crippen molar-refractivity contribution in [1.29, 1.82) is 0 Å². The highest BCUT2D eigenvalue weighted by atomic mass is 13.9. The summed E-state index contributed by atoms with van der Waals surface area (Å²) in [6.07, 6.45) is 3.95. The Morgan fingerprint density at radius 1 is 1.31 bits per heavy atom. The van der Waals surface area contributed by atoms with Crippen LogP contribution in [0.15, 0.2) is 36.9 Å². The molecule has 0 amide bonds. The van der Waals surface area contributed by atoms with Crippen molar-refractivity contribution in [3.8, 4) is 11.8 Å². The first kappa shape index (κ1) is 9.61. The van der Waals surface area contributed by atoms with Crippen molar-refractivity contribution in [1.82, 2.24) is 0 Å². The maximum atomic E-state index is 3.55. The van der Waals surface area contributed by atoms with Gasteiger partial charge in [0.2, 0.25) is 0 Å². The van der Waals surface area contributed by atoms with Gasteiger partial charge in [-0.15, -0.1) is 0 Å². The summed E-state index contributed by atoms with van der Waals surface area (Å²) in [7, 11) is 0. The quantitative estimate of drug-likeness (QED) is 0.598. The van der Waals surface area contributed by atoms with Crippen molar-refractivity contribution in [2.24, 2.45) is 0 Å². The lowest BCUT2D eigenvalue weighted by Crippen LogP contribution is -1.82. The Balaban J connectivity index is 2.74. The molecule has 0 atom stereocenters. The molecule has 0 bridgehead atoms. The highest BCUT2D eigenvalue weighted by molar-refractivity contribution is 5.38. The van der Waals surface area contributed by atoms with Crippen molar-refractivity contribution in [2.75, 3.05) is 0 Å². The Hall–Kier alpha value is -1.48.